The van der Waals surface area contributed by atoms with Gasteiger partial charge in [0.15, 0.2) is 0 Å². The van der Waals surface area contributed by atoms with Crippen LogP contribution < -0.4 is 0 Å². The van der Waals surface area contributed by atoms with Gasteiger partial charge in [-0.25, -0.2) is 0 Å². The van der Waals surface area contributed by atoms with Gasteiger partial charge >= 0.3 is 5.97 Å². The summed E-state index contributed by atoms with van der Waals surface area (Å²) in [6.07, 6.45) is 5.38. The Kier molecular flexibility index (Phi) is 7.11. The number of ether oxygens (including phenoxy) is 1. The van der Waals surface area contributed by atoms with Crippen LogP contribution in [-0.2, 0) is 9.53 Å². The van der Waals surface area contributed by atoms with Gasteiger partial charge in [0.2, 0.25) is 0 Å². The second kappa shape index (κ2) is 7.48. The molecule has 0 aromatic rings. The van der Waals surface area contributed by atoms with Crippen LogP contribution in [0.15, 0.2) is 12.2 Å². The van der Waals surface area contributed by atoms with E-state index in [4.69, 9.17) is 4.74 Å². The molecule has 0 radical (unpaired) electrons. The smallest absolute Gasteiger partial charge is 0.306 e. The van der Waals surface area contributed by atoms with Gasteiger partial charge in [0, 0.05) is 6.42 Å². The highest BCUT2D eigenvalue weighted by Gasteiger charge is 2.21. The summed E-state index contributed by atoms with van der Waals surface area (Å²) in [4.78, 5) is 11.4. The van der Waals surface area contributed by atoms with Crippen molar-refractivity contribution < 1.29 is 9.53 Å². The largest absolute Gasteiger partial charge is 0.460 e. The van der Waals surface area contributed by atoms with E-state index < -0.39 is 0 Å². The van der Waals surface area contributed by atoms with Gasteiger partial charge in [-0.1, -0.05) is 26.0 Å². The molecule has 0 bridgehead atoms. The Morgan fingerprint density at radius 2 is 1.88 bits per heavy atom. The highest BCUT2D eigenvalue weighted by molar-refractivity contribution is 5.69. The summed E-state index contributed by atoms with van der Waals surface area (Å²) in [5.74, 6) is -0.0816. The predicted molar refractivity (Wildman–Crippen MR) is 68.4 cm³/mol. The van der Waals surface area contributed by atoms with E-state index in [9.17, 15) is 4.79 Å². The zero-order valence-electron chi connectivity index (χ0n) is 11.3. The molecule has 16 heavy (non-hydrogen) atoms. The molecule has 0 atom stereocenters. The van der Waals surface area contributed by atoms with E-state index >= 15 is 0 Å². The Balaban J connectivity index is 3.86. The van der Waals surface area contributed by atoms with Crippen LogP contribution >= 0.6 is 0 Å². The first-order valence-electron chi connectivity index (χ1n) is 6.29. The minimum atomic E-state index is -0.333. The SMILES string of the molecule is C=C(CC)CCCC(C)(C)OC(=O)CCC. The van der Waals surface area contributed by atoms with Crippen LogP contribution in [0.1, 0.15) is 66.2 Å². The van der Waals surface area contributed by atoms with Crippen LogP contribution in [0, 0.1) is 0 Å². The first-order chi connectivity index (χ1) is 7.41. The monoisotopic (exact) mass is 226 g/mol. The molecular formula is C14H26O2. The summed E-state index contributed by atoms with van der Waals surface area (Å²) < 4.78 is 5.43. The summed E-state index contributed by atoms with van der Waals surface area (Å²) in [5.41, 5.74) is 0.941. The predicted octanol–water partition coefficient (Wildman–Crippen LogP) is 4.24. The van der Waals surface area contributed by atoms with Crippen molar-refractivity contribution in [2.45, 2.75) is 71.8 Å². The molecule has 0 fully saturated rings. The Morgan fingerprint density at radius 3 is 2.38 bits per heavy atom. The molecule has 0 rings (SSSR count). The highest BCUT2D eigenvalue weighted by atomic mass is 16.6. The maximum atomic E-state index is 11.4. The van der Waals surface area contributed by atoms with Crippen molar-refractivity contribution in [3.05, 3.63) is 12.2 Å². The van der Waals surface area contributed by atoms with Gasteiger partial charge in [-0.3, -0.25) is 4.79 Å². The fourth-order valence-electron chi connectivity index (χ4n) is 1.56. The van der Waals surface area contributed by atoms with Gasteiger partial charge in [0.1, 0.15) is 5.60 Å². The van der Waals surface area contributed by atoms with Gasteiger partial charge in [-0.15, -0.1) is 0 Å². The molecule has 0 heterocycles. The number of hydrogen-bond donors (Lipinski definition) is 0. The first-order valence-corrected chi connectivity index (χ1v) is 6.29. The minimum Gasteiger partial charge on any atom is -0.460 e. The third-order valence-electron chi connectivity index (χ3n) is 2.65. The van der Waals surface area contributed by atoms with E-state index in [1.165, 1.54) is 5.57 Å². The topological polar surface area (TPSA) is 26.3 Å². The Bertz CT molecular complexity index is 229. The highest BCUT2D eigenvalue weighted by Crippen LogP contribution is 2.21. The van der Waals surface area contributed by atoms with Crippen LogP contribution in [0.25, 0.3) is 0 Å². The molecule has 2 heteroatoms. The van der Waals surface area contributed by atoms with Crippen LogP contribution in [0.4, 0.5) is 0 Å². The number of allylic oxidation sites excluding steroid dienone is 1. The average molecular weight is 226 g/mol. The van der Waals surface area contributed by atoms with Crippen molar-refractivity contribution in [3.8, 4) is 0 Å². The summed E-state index contributed by atoms with van der Waals surface area (Å²) in [7, 11) is 0. The number of carbonyl (C=O) groups is 1. The fraction of sp³-hybridized carbons (Fsp3) is 0.786. The summed E-state index contributed by atoms with van der Waals surface area (Å²) in [5, 5.41) is 0. The molecule has 2 nitrogen and oxygen atoms in total. The molecule has 0 aliphatic heterocycles. The van der Waals surface area contributed by atoms with Crippen LogP contribution in [0.3, 0.4) is 0 Å². The Labute approximate surface area is 100 Å². The summed E-state index contributed by atoms with van der Waals surface area (Å²) in [6.45, 7) is 12.0. The number of carbonyl (C=O) groups excluding carboxylic acids is 1. The molecule has 0 aromatic carbocycles. The van der Waals surface area contributed by atoms with Gasteiger partial charge in [0.25, 0.3) is 0 Å². The third kappa shape index (κ3) is 7.49. The molecule has 0 unspecified atom stereocenters. The quantitative estimate of drug-likeness (QED) is 0.457. The summed E-state index contributed by atoms with van der Waals surface area (Å²) in [6, 6.07) is 0. The minimum absolute atomic E-state index is 0.0816. The van der Waals surface area contributed by atoms with Crippen molar-refractivity contribution in [3.63, 3.8) is 0 Å². The molecule has 0 saturated heterocycles. The van der Waals surface area contributed by atoms with Crippen molar-refractivity contribution >= 4 is 5.97 Å². The van der Waals surface area contributed by atoms with Gasteiger partial charge in [-0.05, 0) is 46.0 Å². The van der Waals surface area contributed by atoms with Gasteiger partial charge < -0.3 is 4.74 Å². The second-order valence-electron chi connectivity index (χ2n) is 4.94. The second-order valence-corrected chi connectivity index (χ2v) is 4.94. The van der Waals surface area contributed by atoms with Crippen LogP contribution in [-0.4, -0.2) is 11.6 Å². The third-order valence-corrected chi connectivity index (χ3v) is 2.65. The number of esters is 1. The zero-order valence-corrected chi connectivity index (χ0v) is 11.3. The Hall–Kier alpha value is -0.790. The lowest BCUT2D eigenvalue weighted by molar-refractivity contribution is -0.157. The average Bonchev–Trinajstić information content (AvgIpc) is 2.16. The van der Waals surface area contributed by atoms with Crippen molar-refractivity contribution in [2.24, 2.45) is 0 Å². The van der Waals surface area contributed by atoms with E-state index in [-0.39, 0.29) is 11.6 Å². The first kappa shape index (κ1) is 15.2. The molecule has 0 spiro atoms. The van der Waals surface area contributed by atoms with E-state index in [2.05, 4.69) is 13.5 Å². The molecular weight excluding hydrogens is 200 g/mol. The van der Waals surface area contributed by atoms with Crippen molar-refractivity contribution in [2.75, 3.05) is 0 Å². The normalized spacial score (nSPS) is 11.2. The van der Waals surface area contributed by atoms with Crippen molar-refractivity contribution in [1.29, 1.82) is 0 Å². The van der Waals surface area contributed by atoms with Crippen molar-refractivity contribution in [1.82, 2.24) is 0 Å². The van der Waals surface area contributed by atoms with Gasteiger partial charge in [0.05, 0.1) is 0 Å². The molecule has 94 valence electrons. The molecule has 0 N–H and O–H groups in total. The molecule has 0 amide bonds. The van der Waals surface area contributed by atoms with Crippen LogP contribution in [0.2, 0.25) is 0 Å². The van der Waals surface area contributed by atoms with Crippen LogP contribution in [0.5, 0.6) is 0 Å². The lowest BCUT2D eigenvalue weighted by Gasteiger charge is -2.25. The molecule has 0 aliphatic rings. The van der Waals surface area contributed by atoms with E-state index in [0.717, 1.165) is 32.1 Å². The van der Waals surface area contributed by atoms with Gasteiger partial charge in [-0.2, -0.15) is 0 Å². The maximum absolute atomic E-state index is 11.4. The number of rotatable bonds is 8. The standard InChI is InChI=1S/C14H26O2/c1-6-9-13(15)16-14(4,5)11-8-10-12(3)7-2/h3,6-11H2,1-2,4-5H3. The maximum Gasteiger partial charge on any atom is 0.306 e. The molecule has 0 aliphatic carbocycles. The lowest BCUT2D eigenvalue weighted by Crippen LogP contribution is -2.27. The van der Waals surface area contributed by atoms with E-state index in [1.807, 2.05) is 20.8 Å². The van der Waals surface area contributed by atoms with E-state index in [1.54, 1.807) is 0 Å². The Morgan fingerprint density at radius 1 is 1.25 bits per heavy atom. The molecule has 0 saturated carbocycles. The lowest BCUT2D eigenvalue weighted by atomic mass is 9.98. The fourth-order valence-corrected chi connectivity index (χ4v) is 1.56. The number of hydrogen-bond acceptors (Lipinski definition) is 2. The van der Waals surface area contributed by atoms with E-state index in [0.29, 0.717) is 6.42 Å². The zero-order chi connectivity index (χ0) is 12.6. The molecule has 0 aromatic heterocycles. The summed E-state index contributed by atoms with van der Waals surface area (Å²) >= 11 is 0.